The zero-order valence-electron chi connectivity index (χ0n) is 13.8. The molecule has 0 aliphatic carbocycles. The highest BCUT2D eigenvalue weighted by Gasteiger charge is 2.10. The van der Waals surface area contributed by atoms with E-state index in [0.29, 0.717) is 5.92 Å². The lowest BCUT2D eigenvalue weighted by Crippen LogP contribution is -2.38. The highest BCUT2D eigenvalue weighted by atomic mass is 32.1. The minimum absolute atomic E-state index is 0.445. The molecule has 0 amide bonds. The van der Waals surface area contributed by atoms with E-state index in [0.717, 1.165) is 25.6 Å². The summed E-state index contributed by atoms with van der Waals surface area (Å²) in [4.78, 5) is 8.31. The van der Waals surface area contributed by atoms with Gasteiger partial charge >= 0.3 is 0 Å². The highest BCUT2D eigenvalue weighted by Crippen LogP contribution is 2.20. The van der Waals surface area contributed by atoms with Crippen LogP contribution in [0.15, 0.2) is 34.9 Å². The van der Waals surface area contributed by atoms with Gasteiger partial charge in [-0.05, 0) is 18.4 Å². The third-order valence-electron chi connectivity index (χ3n) is 3.42. The number of hydrogen-bond acceptors (Lipinski definition) is 3. The molecule has 0 aliphatic rings. The van der Waals surface area contributed by atoms with Crippen molar-refractivity contribution in [1.29, 1.82) is 0 Å². The number of aryl methyl sites for hydroxylation is 1. The van der Waals surface area contributed by atoms with Crippen molar-refractivity contribution in [1.82, 2.24) is 20.0 Å². The van der Waals surface area contributed by atoms with Gasteiger partial charge in [0.05, 0.1) is 12.7 Å². The molecule has 0 saturated heterocycles. The highest BCUT2D eigenvalue weighted by molar-refractivity contribution is 7.10. The maximum Gasteiger partial charge on any atom is 0.193 e. The Morgan fingerprint density at radius 2 is 2.36 bits per heavy atom. The van der Waals surface area contributed by atoms with E-state index in [4.69, 9.17) is 4.99 Å². The molecule has 2 aromatic heterocycles. The summed E-state index contributed by atoms with van der Waals surface area (Å²) < 4.78 is 1.83. The third-order valence-corrected chi connectivity index (χ3v) is 4.52. The number of aromatic nitrogens is 2. The van der Waals surface area contributed by atoms with Gasteiger partial charge in [0.25, 0.3) is 0 Å². The minimum atomic E-state index is 0.445. The van der Waals surface area contributed by atoms with Gasteiger partial charge in [-0.2, -0.15) is 5.10 Å². The average molecular weight is 319 g/mol. The molecule has 0 aliphatic heterocycles. The molecular weight excluding hydrogens is 294 g/mol. The molecule has 0 fully saturated rings. The van der Waals surface area contributed by atoms with Crippen molar-refractivity contribution in [2.24, 2.45) is 12.0 Å². The Balaban J connectivity index is 1.99. The van der Waals surface area contributed by atoms with Crippen LogP contribution >= 0.6 is 11.3 Å². The standard InChI is InChI=1S/C16H25N5S/c1-5-17-16(18-9-13(2)15-7-6-8-22-15)20(3)11-14-10-19-21(4)12-14/h6-8,10,12-13H,5,9,11H2,1-4H3,(H,17,18). The van der Waals surface area contributed by atoms with E-state index < -0.39 is 0 Å². The van der Waals surface area contributed by atoms with Crippen LogP contribution in [-0.4, -0.2) is 40.8 Å². The molecular formula is C16H25N5S. The van der Waals surface area contributed by atoms with Crippen molar-refractivity contribution in [3.63, 3.8) is 0 Å². The van der Waals surface area contributed by atoms with Crippen LogP contribution < -0.4 is 5.32 Å². The fourth-order valence-corrected chi connectivity index (χ4v) is 3.04. The summed E-state index contributed by atoms with van der Waals surface area (Å²) in [5.41, 5.74) is 1.18. The predicted molar refractivity (Wildman–Crippen MR) is 93.4 cm³/mol. The van der Waals surface area contributed by atoms with Gasteiger partial charge in [0.15, 0.2) is 5.96 Å². The second-order valence-electron chi connectivity index (χ2n) is 5.49. The maximum atomic E-state index is 4.78. The number of hydrogen-bond donors (Lipinski definition) is 1. The Morgan fingerprint density at radius 1 is 1.55 bits per heavy atom. The van der Waals surface area contributed by atoms with Gasteiger partial charge in [0, 0.05) is 49.7 Å². The van der Waals surface area contributed by atoms with E-state index in [1.807, 2.05) is 24.1 Å². The molecule has 0 saturated carbocycles. The zero-order chi connectivity index (χ0) is 15.9. The van der Waals surface area contributed by atoms with Gasteiger partial charge in [-0.3, -0.25) is 9.67 Å². The number of rotatable bonds is 6. The van der Waals surface area contributed by atoms with Crippen LogP contribution in [0.4, 0.5) is 0 Å². The first-order valence-electron chi connectivity index (χ1n) is 7.60. The van der Waals surface area contributed by atoms with Gasteiger partial charge in [0.1, 0.15) is 0 Å². The van der Waals surface area contributed by atoms with Crippen molar-refractivity contribution >= 4 is 17.3 Å². The second kappa shape index (κ2) is 7.98. The van der Waals surface area contributed by atoms with E-state index in [1.165, 1.54) is 10.4 Å². The Labute approximate surface area is 136 Å². The first-order chi connectivity index (χ1) is 10.6. The van der Waals surface area contributed by atoms with Crippen molar-refractivity contribution in [3.8, 4) is 0 Å². The summed E-state index contributed by atoms with van der Waals surface area (Å²) in [6, 6.07) is 4.27. The number of guanidine groups is 1. The van der Waals surface area contributed by atoms with Crippen LogP contribution in [-0.2, 0) is 13.6 Å². The smallest absolute Gasteiger partial charge is 0.193 e. The van der Waals surface area contributed by atoms with Crippen molar-refractivity contribution < 1.29 is 0 Å². The van der Waals surface area contributed by atoms with Crippen LogP contribution in [0.2, 0.25) is 0 Å². The zero-order valence-corrected chi connectivity index (χ0v) is 14.6. The van der Waals surface area contributed by atoms with Gasteiger partial charge in [-0.15, -0.1) is 11.3 Å². The predicted octanol–water partition coefficient (Wildman–Crippen LogP) is 2.68. The Bertz CT molecular complexity index is 587. The SMILES string of the molecule is CCNC(=NCC(C)c1cccs1)N(C)Cc1cnn(C)c1. The molecule has 1 atom stereocenters. The molecule has 0 aromatic carbocycles. The van der Waals surface area contributed by atoms with Crippen molar-refractivity contribution in [2.75, 3.05) is 20.1 Å². The van der Waals surface area contributed by atoms with Gasteiger partial charge in [0.2, 0.25) is 0 Å². The molecule has 120 valence electrons. The quantitative estimate of drug-likeness (QED) is 0.658. The van der Waals surface area contributed by atoms with Crippen LogP contribution in [0, 0.1) is 0 Å². The van der Waals surface area contributed by atoms with E-state index in [-0.39, 0.29) is 0 Å². The lowest BCUT2D eigenvalue weighted by Gasteiger charge is -2.22. The number of nitrogens with one attached hydrogen (secondary N) is 1. The molecule has 0 spiro atoms. The van der Waals surface area contributed by atoms with Crippen molar-refractivity contribution in [2.45, 2.75) is 26.3 Å². The van der Waals surface area contributed by atoms with Gasteiger partial charge < -0.3 is 10.2 Å². The first-order valence-corrected chi connectivity index (χ1v) is 8.48. The number of nitrogens with zero attached hydrogens (tertiary/aromatic N) is 4. The molecule has 1 unspecified atom stereocenters. The summed E-state index contributed by atoms with van der Waals surface area (Å²) in [5, 5.41) is 9.70. The minimum Gasteiger partial charge on any atom is -0.357 e. The van der Waals surface area contributed by atoms with Crippen LogP contribution in [0.3, 0.4) is 0 Å². The molecule has 2 rings (SSSR count). The molecule has 2 heterocycles. The normalized spacial score (nSPS) is 13.2. The average Bonchev–Trinajstić information content (AvgIpc) is 3.14. The summed E-state index contributed by atoms with van der Waals surface area (Å²) in [6.45, 7) is 6.77. The van der Waals surface area contributed by atoms with Crippen LogP contribution in [0.5, 0.6) is 0 Å². The molecule has 5 nitrogen and oxygen atoms in total. The van der Waals surface area contributed by atoms with E-state index >= 15 is 0 Å². The van der Waals surface area contributed by atoms with Gasteiger partial charge in [-0.1, -0.05) is 13.0 Å². The Morgan fingerprint density at radius 3 is 2.95 bits per heavy atom. The number of thiophene rings is 1. The summed E-state index contributed by atoms with van der Waals surface area (Å²) >= 11 is 1.80. The lowest BCUT2D eigenvalue weighted by molar-refractivity contribution is 0.475. The van der Waals surface area contributed by atoms with Gasteiger partial charge in [-0.25, -0.2) is 0 Å². The molecule has 6 heteroatoms. The fourth-order valence-electron chi connectivity index (χ4n) is 2.26. The lowest BCUT2D eigenvalue weighted by atomic mass is 10.1. The monoisotopic (exact) mass is 319 g/mol. The molecule has 1 N–H and O–H groups in total. The Hall–Kier alpha value is -1.82. The topological polar surface area (TPSA) is 45.5 Å². The summed E-state index contributed by atoms with van der Waals surface area (Å²) in [7, 11) is 4.00. The number of aliphatic imine (C=N–C) groups is 1. The van der Waals surface area contributed by atoms with Crippen LogP contribution in [0.25, 0.3) is 0 Å². The Kier molecular flexibility index (Phi) is 6.00. The molecule has 0 bridgehead atoms. The summed E-state index contributed by atoms with van der Waals surface area (Å²) in [5.74, 6) is 1.38. The van der Waals surface area contributed by atoms with E-state index in [1.54, 1.807) is 11.3 Å². The first kappa shape index (κ1) is 16.5. The third kappa shape index (κ3) is 4.59. The molecule has 22 heavy (non-hydrogen) atoms. The summed E-state index contributed by atoms with van der Waals surface area (Å²) in [6.07, 6.45) is 3.93. The molecule has 2 aromatic rings. The maximum absolute atomic E-state index is 4.78. The van der Waals surface area contributed by atoms with Crippen molar-refractivity contribution in [3.05, 3.63) is 40.3 Å². The van der Waals surface area contributed by atoms with E-state index in [2.05, 4.69) is 53.7 Å². The van der Waals surface area contributed by atoms with E-state index in [9.17, 15) is 0 Å². The fraction of sp³-hybridized carbons (Fsp3) is 0.500. The molecule has 0 radical (unpaired) electrons. The second-order valence-corrected chi connectivity index (χ2v) is 6.47. The van der Waals surface area contributed by atoms with Crippen LogP contribution in [0.1, 0.15) is 30.2 Å². The largest absolute Gasteiger partial charge is 0.357 e.